The highest BCUT2D eigenvalue weighted by atomic mass is 127. The second-order valence-electron chi connectivity index (χ2n) is 4.37. The summed E-state index contributed by atoms with van der Waals surface area (Å²) in [6, 6.07) is 12.5. The first-order valence-corrected chi connectivity index (χ1v) is 7.82. The molecule has 2 aromatic rings. The third-order valence-corrected chi connectivity index (χ3v) is 4.10. The Kier molecular flexibility index (Phi) is 5.29. The van der Waals surface area contributed by atoms with Crippen LogP contribution in [0.25, 0.3) is 0 Å². The first-order chi connectivity index (χ1) is 9.47. The lowest BCUT2D eigenvalue weighted by atomic mass is 10.1. The lowest BCUT2D eigenvalue weighted by Crippen LogP contribution is -2.26. The average Bonchev–Trinajstić information content (AvgIpc) is 2.38. The van der Waals surface area contributed by atoms with E-state index in [1.165, 1.54) is 0 Å². The highest BCUT2D eigenvalue weighted by molar-refractivity contribution is 14.1. The van der Waals surface area contributed by atoms with Crippen LogP contribution in [0.3, 0.4) is 0 Å². The quantitative estimate of drug-likeness (QED) is 0.689. The third-order valence-electron chi connectivity index (χ3n) is 2.86. The number of halogens is 3. The predicted octanol–water partition coefficient (Wildman–Crippen LogP) is 5.09. The van der Waals surface area contributed by atoms with Gasteiger partial charge < -0.3 is 5.32 Å². The van der Waals surface area contributed by atoms with Gasteiger partial charge in [-0.3, -0.25) is 4.79 Å². The van der Waals surface area contributed by atoms with E-state index in [4.69, 9.17) is 23.2 Å². The summed E-state index contributed by atoms with van der Waals surface area (Å²) in [6.45, 7) is 1.89. The van der Waals surface area contributed by atoms with Crippen molar-refractivity contribution in [3.63, 3.8) is 0 Å². The summed E-state index contributed by atoms with van der Waals surface area (Å²) >= 11 is 14.2. The maximum Gasteiger partial charge on any atom is 0.251 e. The second-order valence-corrected chi connectivity index (χ2v) is 6.46. The molecule has 0 aliphatic carbocycles. The van der Waals surface area contributed by atoms with Crippen LogP contribution in [0.1, 0.15) is 28.9 Å². The lowest BCUT2D eigenvalue weighted by Gasteiger charge is -2.16. The van der Waals surface area contributed by atoms with Gasteiger partial charge in [-0.05, 0) is 65.4 Å². The van der Waals surface area contributed by atoms with Crippen LogP contribution >= 0.6 is 45.8 Å². The molecular formula is C15H12Cl2INO. The normalized spacial score (nSPS) is 12.0. The highest BCUT2D eigenvalue weighted by Gasteiger charge is 2.14. The van der Waals surface area contributed by atoms with Crippen molar-refractivity contribution in [1.82, 2.24) is 5.32 Å². The van der Waals surface area contributed by atoms with Gasteiger partial charge in [-0.2, -0.15) is 0 Å². The monoisotopic (exact) mass is 419 g/mol. The molecule has 0 aliphatic heterocycles. The van der Waals surface area contributed by atoms with Gasteiger partial charge in [0, 0.05) is 19.2 Å². The topological polar surface area (TPSA) is 29.1 Å². The van der Waals surface area contributed by atoms with Crippen molar-refractivity contribution in [1.29, 1.82) is 0 Å². The molecular weight excluding hydrogens is 408 g/mol. The molecule has 0 spiro atoms. The van der Waals surface area contributed by atoms with Crippen molar-refractivity contribution in [3.05, 3.63) is 67.2 Å². The molecule has 1 atom stereocenters. The number of benzene rings is 2. The Morgan fingerprint density at radius 3 is 2.60 bits per heavy atom. The van der Waals surface area contributed by atoms with Crippen LogP contribution in [-0.4, -0.2) is 5.91 Å². The van der Waals surface area contributed by atoms with Crippen LogP contribution in [0.2, 0.25) is 10.0 Å². The zero-order valence-corrected chi connectivity index (χ0v) is 14.3. The number of amides is 1. The molecule has 0 saturated heterocycles. The van der Waals surface area contributed by atoms with Gasteiger partial charge in [0.05, 0.1) is 6.04 Å². The van der Waals surface area contributed by atoms with E-state index in [9.17, 15) is 4.79 Å². The fraction of sp³-hybridized carbons (Fsp3) is 0.133. The minimum absolute atomic E-state index is 0.123. The summed E-state index contributed by atoms with van der Waals surface area (Å²) in [7, 11) is 0. The van der Waals surface area contributed by atoms with Crippen LogP contribution in [0.5, 0.6) is 0 Å². The smallest absolute Gasteiger partial charge is 0.251 e. The summed E-state index contributed by atoms with van der Waals surface area (Å²) < 4.78 is 1.02. The number of carbonyl (C=O) groups excluding carboxylic acids is 1. The van der Waals surface area contributed by atoms with Crippen LogP contribution in [0.15, 0.2) is 42.5 Å². The molecule has 0 radical (unpaired) electrons. The van der Waals surface area contributed by atoms with Crippen LogP contribution in [-0.2, 0) is 0 Å². The van der Waals surface area contributed by atoms with Crippen LogP contribution < -0.4 is 5.32 Å². The van der Waals surface area contributed by atoms with Crippen molar-refractivity contribution in [2.24, 2.45) is 0 Å². The van der Waals surface area contributed by atoms with Gasteiger partial charge >= 0.3 is 0 Å². The second kappa shape index (κ2) is 6.78. The number of hydrogen-bond donors (Lipinski definition) is 1. The molecule has 0 aromatic heterocycles. The largest absolute Gasteiger partial charge is 0.345 e. The summed E-state index contributed by atoms with van der Waals surface area (Å²) in [5, 5.41) is 4.06. The highest BCUT2D eigenvalue weighted by Crippen LogP contribution is 2.26. The first kappa shape index (κ1) is 15.6. The van der Waals surface area contributed by atoms with Crippen LogP contribution in [0.4, 0.5) is 0 Å². The van der Waals surface area contributed by atoms with Gasteiger partial charge in [0.25, 0.3) is 5.91 Å². The minimum Gasteiger partial charge on any atom is -0.345 e. The van der Waals surface area contributed by atoms with E-state index in [0.717, 1.165) is 9.13 Å². The van der Waals surface area contributed by atoms with Gasteiger partial charge in [0.1, 0.15) is 0 Å². The van der Waals surface area contributed by atoms with E-state index in [1.54, 1.807) is 18.2 Å². The van der Waals surface area contributed by atoms with E-state index in [1.807, 2.05) is 31.2 Å². The molecule has 2 rings (SSSR count). The first-order valence-electron chi connectivity index (χ1n) is 5.99. The van der Waals surface area contributed by atoms with Gasteiger partial charge in [0.15, 0.2) is 0 Å². The summed E-state index contributed by atoms with van der Waals surface area (Å²) in [6.07, 6.45) is 0. The fourth-order valence-electron chi connectivity index (χ4n) is 1.84. The molecule has 2 aromatic carbocycles. The predicted molar refractivity (Wildman–Crippen MR) is 91.5 cm³/mol. The maximum absolute atomic E-state index is 12.2. The Morgan fingerprint density at radius 1 is 1.20 bits per heavy atom. The standard InChI is InChI=1S/C15H12Cl2INO/c1-9(13-6-5-11(16)8-14(13)17)19-15(20)10-3-2-4-12(18)7-10/h2-9H,1H3,(H,19,20). The third kappa shape index (κ3) is 3.87. The molecule has 0 saturated carbocycles. The fourth-order valence-corrected chi connectivity index (χ4v) is 2.96. The number of carbonyl (C=O) groups is 1. The number of hydrogen-bond acceptors (Lipinski definition) is 1. The van der Waals surface area contributed by atoms with Crippen molar-refractivity contribution < 1.29 is 4.79 Å². The molecule has 2 nitrogen and oxygen atoms in total. The summed E-state index contributed by atoms with van der Waals surface area (Å²) in [5.41, 5.74) is 1.48. The molecule has 20 heavy (non-hydrogen) atoms. The van der Waals surface area contributed by atoms with Gasteiger partial charge in [-0.25, -0.2) is 0 Å². The zero-order valence-electron chi connectivity index (χ0n) is 10.7. The Hall–Kier alpha value is -0.780. The summed E-state index contributed by atoms with van der Waals surface area (Å²) in [5.74, 6) is -0.123. The molecule has 1 N–H and O–H groups in total. The van der Waals surface area contributed by atoms with E-state index in [-0.39, 0.29) is 11.9 Å². The Balaban J connectivity index is 2.15. The molecule has 0 fully saturated rings. The van der Waals surface area contributed by atoms with E-state index >= 15 is 0 Å². The van der Waals surface area contributed by atoms with E-state index < -0.39 is 0 Å². The van der Waals surface area contributed by atoms with Gasteiger partial charge in [-0.1, -0.05) is 35.3 Å². The van der Waals surface area contributed by atoms with Crippen molar-refractivity contribution in [2.45, 2.75) is 13.0 Å². The minimum atomic E-state index is -0.190. The lowest BCUT2D eigenvalue weighted by molar-refractivity contribution is 0.0940. The number of nitrogens with one attached hydrogen (secondary N) is 1. The molecule has 0 heterocycles. The SMILES string of the molecule is CC(NC(=O)c1cccc(I)c1)c1ccc(Cl)cc1Cl. The maximum atomic E-state index is 12.2. The van der Waals surface area contributed by atoms with Gasteiger partial charge in [0.2, 0.25) is 0 Å². The van der Waals surface area contributed by atoms with Crippen LogP contribution in [0, 0.1) is 3.57 Å². The van der Waals surface area contributed by atoms with E-state index in [0.29, 0.717) is 15.6 Å². The molecule has 0 aliphatic rings. The zero-order chi connectivity index (χ0) is 14.7. The van der Waals surface area contributed by atoms with Gasteiger partial charge in [-0.15, -0.1) is 0 Å². The van der Waals surface area contributed by atoms with Crippen molar-refractivity contribution >= 4 is 51.7 Å². The average molecular weight is 420 g/mol. The summed E-state index contributed by atoms with van der Waals surface area (Å²) in [4.78, 5) is 12.2. The van der Waals surface area contributed by atoms with E-state index in [2.05, 4.69) is 27.9 Å². The molecule has 1 amide bonds. The van der Waals surface area contributed by atoms with Crippen molar-refractivity contribution in [2.75, 3.05) is 0 Å². The Labute approximate surface area is 141 Å². The molecule has 5 heteroatoms. The molecule has 1 unspecified atom stereocenters. The number of rotatable bonds is 3. The molecule has 0 bridgehead atoms. The Morgan fingerprint density at radius 2 is 1.95 bits per heavy atom. The Bertz CT molecular complexity index is 646. The molecule has 104 valence electrons. The van der Waals surface area contributed by atoms with Crippen molar-refractivity contribution in [3.8, 4) is 0 Å².